The number of rotatable bonds is 7. The Morgan fingerprint density at radius 3 is 2.52 bits per heavy atom. The van der Waals surface area contributed by atoms with Crippen LogP contribution in [0.2, 0.25) is 0 Å². The highest BCUT2D eigenvalue weighted by molar-refractivity contribution is 7.17. The number of benzene rings is 1. The number of fused-ring (bicyclic) bond motifs is 1. The molecule has 144 valence electrons. The fraction of sp³-hybridized carbons (Fsp3) is 0.429. The number of nitrogens with two attached hydrogens (primary N) is 1. The molecule has 2 amide bonds. The quantitative estimate of drug-likeness (QED) is 0.680. The zero-order valence-electron chi connectivity index (χ0n) is 15.9. The van der Waals surface area contributed by atoms with Gasteiger partial charge in [-0.25, -0.2) is 0 Å². The first-order valence-electron chi connectivity index (χ1n) is 9.50. The monoisotopic (exact) mass is 385 g/mol. The fourth-order valence-corrected chi connectivity index (χ4v) is 5.00. The lowest BCUT2D eigenvalue weighted by atomic mass is 9.95. The Morgan fingerprint density at radius 2 is 1.85 bits per heavy atom. The number of amides is 2. The van der Waals surface area contributed by atoms with Crippen molar-refractivity contribution in [3.05, 3.63) is 51.9 Å². The second-order valence-corrected chi connectivity index (χ2v) is 8.45. The molecule has 1 aliphatic rings. The van der Waals surface area contributed by atoms with Crippen molar-refractivity contribution in [1.29, 1.82) is 0 Å². The summed E-state index contributed by atoms with van der Waals surface area (Å²) in [5, 5.41) is 6.85. The van der Waals surface area contributed by atoms with Crippen molar-refractivity contribution in [2.24, 2.45) is 11.7 Å². The van der Waals surface area contributed by atoms with Crippen LogP contribution in [0, 0.1) is 5.92 Å². The van der Waals surface area contributed by atoms with E-state index in [4.69, 9.17) is 5.73 Å². The van der Waals surface area contributed by atoms with Gasteiger partial charge in [-0.1, -0.05) is 44.2 Å². The average Bonchev–Trinajstić information content (AvgIpc) is 3.00. The molecular formula is C21H27N3O2S. The molecule has 4 N–H and O–H groups in total. The predicted molar refractivity (Wildman–Crippen MR) is 110 cm³/mol. The van der Waals surface area contributed by atoms with Crippen molar-refractivity contribution >= 4 is 28.2 Å². The summed E-state index contributed by atoms with van der Waals surface area (Å²) >= 11 is 1.49. The molecule has 0 bridgehead atoms. The van der Waals surface area contributed by atoms with Crippen molar-refractivity contribution < 1.29 is 9.59 Å². The van der Waals surface area contributed by atoms with Crippen LogP contribution in [0.1, 0.15) is 59.1 Å². The number of carbonyl (C=O) groups is 2. The Balaban J connectivity index is 1.69. The smallest absolute Gasteiger partial charge is 0.251 e. The molecule has 0 saturated carbocycles. The van der Waals surface area contributed by atoms with Crippen LogP contribution in [0.5, 0.6) is 0 Å². The van der Waals surface area contributed by atoms with Gasteiger partial charge in [0.15, 0.2) is 0 Å². The van der Waals surface area contributed by atoms with Crippen molar-refractivity contribution in [2.75, 3.05) is 11.9 Å². The van der Waals surface area contributed by atoms with E-state index in [1.807, 2.05) is 18.2 Å². The minimum absolute atomic E-state index is 0.0871. The van der Waals surface area contributed by atoms with E-state index in [1.54, 1.807) is 0 Å². The predicted octanol–water partition coefficient (Wildman–Crippen LogP) is 3.65. The first kappa shape index (κ1) is 19.6. The molecule has 6 heteroatoms. The molecule has 0 unspecified atom stereocenters. The molecule has 0 radical (unpaired) electrons. The maximum absolute atomic E-state index is 12.5. The first-order chi connectivity index (χ1) is 13.0. The Kier molecular flexibility index (Phi) is 6.29. The molecule has 27 heavy (non-hydrogen) atoms. The SMILES string of the molecule is CC(C)[C@H](NCC(=O)Nc1sc2c(c1C(N)=O)CCCC2)c1ccccc1. The van der Waals surface area contributed by atoms with Gasteiger partial charge in [0.05, 0.1) is 12.1 Å². The summed E-state index contributed by atoms with van der Waals surface area (Å²) in [4.78, 5) is 25.7. The van der Waals surface area contributed by atoms with Crippen molar-refractivity contribution in [3.63, 3.8) is 0 Å². The Bertz CT molecular complexity index is 814. The molecule has 1 aromatic carbocycles. The highest BCUT2D eigenvalue weighted by Crippen LogP contribution is 2.37. The maximum atomic E-state index is 12.5. The topological polar surface area (TPSA) is 84.2 Å². The van der Waals surface area contributed by atoms with Crippen molar-refractivity contribution in [2.45, 2.75) is 45.6 Å². The highest BCUT2D eigenvalue weighted by Gasteiger charge is 2.25. The van der Waals surface area contributed by atoms with Crippen LogP contribution in [0.15, 0.2) is 30.3 Å². The molecule has 1 aliphatic carbocycles. The number of aryl methyl sites for hydroxylation is 1. The third-order valence-corrected chi connectivity index (χ3v) is 6.19. The van der Waals surface area contributed by atoms with E-state index in [0.717, 1.165) is 36.8 Å². The summed E-state index contributed by atoms with van der Waals surface area (Å²) in [5.41, 5.74) is 8.29. The summed E-state index contributed by atoms with van der Waals surface area (Å²) in [6.45, 7) is 4.43. The van der Waals surface area contributed by atoms with Crippen LogP contribution in [0.4, 0.5) is 5.00 Å². The lowest BCUT2D eigenvalue weighted by Crippen LogP contribution is -2.33. The number of hydrogen-bond acceptors (Lipinski definition) is 4. The number of nitrogens with one attached hydrogen (secondary N) is 2. The molecule has 1 heterocycles. The van der Waals surface area contributed by atoms with Gasteiger partial charge in [0.25, 0.3) is 5.91 Å². The van der Waals surface area contributed by atoms with Gasteiger partial charge in [-0.05, 0) is 42.7 Å². The van der Waals surface area contributed by atoms with E-state index >= 15 is 0 Å². The van der Waals surface area contributed by atoms with Crippen LogP contribution in [-0.4, -0.2) is 18.4 Å². The van der Waals surface area contributed by atoms with E-state index in [0.29, 0.717) is 16.5 Å². The summed E-state index contributed by atoms with van der Waals surface area (Å²) in [5.74, 6) is -0.268. The van der Waals surface area contributed by atoms with Crippen molar-refractivity contribution in [3.8, 4) is 0 Å². The van der Waals surface area contributed by atoms with Gasteiger partial charge in [-0.3, -0.25) is 9.59 Å². The second kappa shape index (κ2) is 8.67. The van der Waals surface area contributed by atoms with Gasteiger partial charge in [0, 0.05) is 10.9 Å². The number of primary amides is 1. The van der Waals surface area contributed by atoms with E-state index in [9.17, 15) is 9.59 Å². The third kappa shape index (κ3) is 4.57. The standard InChI is InChI=1S/C21H27N3O2S/c1-13(2)19(14-8-4-3-5-9-14)23-12-17(25)24-21-18(20(22)26)15-10-6-7-11-16(15)27-21/h3-5,8-9,13,19,23H,6-7,10-12H2,1-2H3,(H2,22,26)(H,24,25)/t19-/m0/s1. The normalized spacial score (nSPS) is 14.6. The molecule has 0 aliphatic heterocycles. The molecule has 2 aromatic rings. The van der Waals surface area contributed by atoms with E-state index in [1.165, 1.54) is 16.2 Å². The number of hydrogen-bond donors (Lipinski definition) is 3. The first-order valence-corrected chi connectivity index (χ1v) is 10.3. The lowest BCUT2D eigenvalue weighted by molar-refractivity contribution is -0.115. The van der Waals surface area contributed by atoms with Gasteiger partial charge in [0.1, 0.15) is 5.00 Å². The molecule has 3 rings (SSSR count). The number of anilines is 1. The summed E-state index contributed by atoms with van der Waals surface area (Å²) < 4.78 is 0. The van der Waals surface area contributed by atoms with Gasteiger partial charge in [-0.2, -0.15) is 0 Å². The minimum atomic E-state index is -0.456. The molecular weight excluding hydrogens is 358 g/mol. The Morgan fingerprint density at radius 1 is 1.15 bits per heavy atom. The number of carbonyl (C=O) groups excluding carboxylic acids is 2. The second-order valence-electron chi connectivity index (χ2n) is 7.34. The fourth-order valence-electron chi connectivity index (χ4n) is 3.69. The molecule has 0 fully saturated rings. The van der Waals surface area contributed by atoms with Crippen LogP contribution < -0.4 is 16.4 Å². The highest BCUT2D eigenvalue weighted by atomic mass is 32.1. The van der Waals surface area contributed by atoms with E-state index < -0.39 is 5.91 Å². The van der Waals surface area contributed by atoms with E-state index in [-0.39, 0.29) is 18.5 Å². The molecule has 5 nitrogen and oxygen atoms in total. The van der Waals surface area contributed by atoms with Crippen molar-refractivity contribution in [1.82, 2.24) is 5.32 Å². The van der Waals surface area contributed by atoms with E-state index in [2.05, 4.69) is 36.6 Å². The molecule has 1 aromatic heterocycles. The third-order valence-electron chi connectivity index (χ3n) is 4.98. The largest absolute Gasteiger partial charge is 0.365 e. The molecule has 0 spiro atoms. The van der Waals surface area contributed by atoms with Gasteiger partial charge in [-0.15, -0.1) is 11.3 Å². The molecule has 1 atom stereocenters. The molecule has 0 saturated heterocycles. The summed E-state index contributed by atoms with van der Waals surface area (Å²) in [6, 6.07) is 10.2. The average molecular weight is 386 g/mol. The van der Waals surface area contributed by atoms with Crippen LogP contribution in [-0.2, 0) is 17.6 Å². The number of thiophene rings is 1. The van der Waals surface area contributed by atoms with Crippen LogP contribution in [0.25, 0.3) is 0 Å². The van der Waals surface area contributed by atoms with Gasteiger partial charge < -0.3 is 16.4 Å². The van der Waals surface area contributed by atoms with Crippen LogP contribution in [0.3, 0.4) is 0 Å². The summed E-state index contributed by atoms with van der Waals surface area (Å²) in [6.07, 6.45) is 4.00. The summed E-state index contributed by atoms with van der Waals surface area (Å²) in [7, 11) is 0. The minimum Gasteiger partial charge on any atom is -0.365 e. The van der Waals surface area contributed by atoms with Gasteiger partial charge >= 0.3 is 0 Å². The zero-order chi connectivity index (χ0) is 19.4. The zero-order valence-corrected chi connectivity index (χ0v) is 16.7. The lowest BCUT2D eigenvalue weighted by Gasteiger charge is -2.22. The van der Waals surface area contributed by atoms with Gasteiger partial charge in [0.2, 0.25) is 5.91 Å². The maximum Gasteiger partial charge on any atom is 0.251 e. The van der Waals surface area contributed by atoms with Crippen LogP contribution >= 0.6 is 11.3 Å². The Labute approximate surface area is 164 Å². The Hall–Kier alpha value is -2.18.